The standard InChI is InChI=1S/C14H21N3.C2H6/c1-3-12-5-4-6-14(15-12)17-8-7-11-9-16(2)10-13(11)17;1-2/h4-6,11,13H,3,7-10H2,1-2H3;1-2H3. The number of hydrogen-bond donors (Lipinski definition) is 0. The van der Waals surface area contributed by atoms with Gasteiger partial charge in [0.2, 0.25) is 0 Å². The summed E-state index contributed by atoms with van der Waals surface area (Å²) in [7, 11) is 2.23. The zero-order chi connectivity index (χ0) is 13.8. The molecular weight excluding hydrogens is 234 g/mol. The van der Waals surface area contributed by atoms with Crippen LogP contribution in [-0.4, -0.2) is 42.6 Å². The minimum atomic E-state index is 0.694. The number of hydrogen-bond acceptors (Lipinski definition) is 3. The molecule has 1 aromatic heterocycles. The molecule has 0 saturated carbocycles. The summed E-state index contributed by atoms with van der Waals surface area (Å²) in [5.41, 5.74) is 1.21. The lowest BCUT2D eigenvalue weighted by Crippen LogP contribution is -2.35. The van der Waals surface area contributed by atoms with Crippen molar-refractivity contribution in [2.45, 2.75) is 39.7 Å². The molecule has 0 N–H and O–H groups in total. The van der Waals surface area contributed by atoms with Crippen LogP contribution in [0.25, 0.3) is 0 Å². The van der Waals surface area contributed by atoms with Gasteiger partial charge in [0.1, 0.15) is 5.82 Å². The predicted molar refractivity (Wildman–Crippen MR) is 81.7 cm³/mol. The highest BCUT2D eigenvalue weighted by molar-refractivity contribution is 5.43. The van der Waals surface area contributed by atoms with Crippen molar-refractivity contribution < 1.29 is 0 Å². The van der Waals surface area contributed by atoms with Crippen LogP contribution in [0.15, 0.2) is 18.2 Å². The molecule has 3 heteroatoms. The molecule has 3 heterocycles. The van der Waals surface area contributed by atoms with Crippen LogP contribution in [0.1, 0.15) is 32.9 Å². The largest absolute Gasteiger partial charge is 0.352 e. The fourth-order valence-electron chi connectivity index (χ4n) is 3.28. The van der Waals surface area contributed by atoms with Gasteiger partial charge in [-0.25, -0.2) is 4.98 Å². The molecule has 0 amide bonds. The molecule has 2 aliphatic heterocycles. The first-order chi connectivity index (χ1) is 9.28. The molecule has 0 bridgehead atoms. The summed E-state index contributed by atoms with van der Waals surface area (Å²) in [6, 6.07) is 7.13. The van der Waals surface area contributed by atoms with Crippen LogP contribution in [0, 0.1) is 5.92 Å². The van der Waals surface area contributed by atoms with Gasteiger partial charge in [-0.15, -0.1) is 0 Å². The van der Waals surface area contributed by atoms with Crippen LogP contribution in [0.2, 0.25) is 0 Å². The van der Waals surface area contributed by atoms with Gasteiger partial charge in [-0.3, -0.25) is 0 Å². The van der Waals surface area contributed by atoms with Crippen LogP contribution in [0.4, 0.5) is 5.82 Å². The molecule has 0 radical (unpaired) electrons. The summed E-state index contributed by atoms with van der Waals surface area (Å²) < 4.78 is 0. The molecule has 19 heavy (non-hydrogen) atoms. The lowest BCUT2D eigenvalue weighted by Gasteiger charge is -2.25. The third kappa shape index (κ3) is 2.92. The number of nitrogens with zero attached hydrogens (tertiary/aromatic N) is 3. The number of fused-ring (bicyclic) bond motifs is 1. The Hall–Kier alpha value is -1.09. The summed E-state index contributed by atoms with van der Waals surface area (Å²) in [4.78, 5) is 9.74. The molecule has 2 atom stereocenters. The monoisotopic (exact) mass is 261 g/mol. The summed E-state index contributed by atoms with van der Waals surface area (Å²) >= 11 is 0. The average molecular weight is 261 g/mol. The van der Waals surface area contributed by atoms with E-state index in [9.17, 15) is 0 Å². The highest BCUT2D eigenvalue weighted by Crippen LogP contribution is 2.33. The van der Waals surface area contributed by atoms with Crippen LogP contribution in [0.5, 0.6) is 0 Å². The van der Waals surface area contributed by atoms with E-state index in [4.69, 9.17) is 4.98 Å². The Kier molecular flexibility index (Phi) is 4.81. The number of likely N-dealkylation sites (tertiary alicyclic amines) is 1. The van der Waals surface area contributed by atoms with Crippen molar-refractivity contribution in [3.8, 4) is 0 Å². The van der Waals surface area contributed by atoms with E-state index in [1.807, 2.05) is 13.8 Å². The smallest absolute Gasteiger partial charge is 0.129 e. The highest BCUT2D eigenvalue weighted by Gasteiger charge is 2.40. The number of aromatic nitrogens is 1. The third-order valence-electron chi connectivity index (χ3n) is 4.18. The Balaban J connectivity index is 0.000000637. The van der Waals surface area contributed by atoms with E-state index in [2.05, 4.69) is 42.0 Å². The maximum Gasteiger partial charge on any atom is 0.129 e. The number of aryl methyl sites for hydroxylation is 1. The molecular formula is C16H27N3. The molecule has 3 nitrogen and oxygen atoms in total. The number of pyridine rings is 1. The fourth-order valence-corrected chi connectivity index (χ4v) is 3.28. The van der Waals surface area contributed by atoms with Crippen LogP contribution in [0.3, 0.4) is 0 Å². The van der Waals surface area contributed by atoms with E-state index in [0.717, 1.165) is 12.3 Å². The summed E-state index contributed by atoms with van der Waals surface area (Å²) in [5, 5.41) is 0. The van der Waals surface area contributed by atoms with Crippen molar-refractivity contribution >= 4 is 5.82 Å². The van der Waals surface area contributed by atoms with E-state index < -0.39 is 0 Å². The molecule has 0 aliphatic carbocycles. The maximum atomic E-state index is 4.77. The first-order valence-corrected chi connectivity index (χ1v) is 7.69. The van der Waals surface area contributed by atoms with E-state index >= 15 is 0 Å². The van der Waals surface area contributed by atoms with E-state index in [0.29, 0.717) is 6.04 Å². The van der Waals surface area contributed by atoms with Crippen molar-refractivity contribution in [2.75, 3.05) is 31.6 Å². The normalized spacial score (nSPS) is 26.0. The van der Waals surface area contributed by atoms with Gasteiger partial charge >= 0.3 is 0 Å². The van der Waals surface area contributed by atoms with Gasteiger partial charge in [-0.05, 0) is 37.9 Å². The molecule has 2 fully saturated rings. The first kappa shape index (κ1) is 14.3. The average Bonchev–Trinajstić information content (AvgIpc) is 3.00. The molecule has 106 valence electrons. The van der Waals surface area contributed by atoms with Crippen molar-refractivity contribution in [3.63, 3.8) is 0 Å². The Labute approximate surface area is 117 Å². The second-order valence-corrected chi connectivity index (χ2v) is 5.37. The minimum absolute atomic E-state index is 0.694. The Bertz CT molecular complexity index is 405. The van der Waals surface area contributed by atoms with Gasteiger partial charge in [-0.2, -0.15) is 0 Å². The lowest BCUT2D eigenvalue weighted by molar-refractivity contribution is 0.386. The number of likely N-dealkylation sites (N-methyl/N-ethyl adjacent to an activating group) is 1. The maximum absolute atomic E-state index is 4.77. The zero-order valence-corrected chi connectivity index (χ0v) is 12.8. The lowest BCUT2D eigenvalue weighted by atomic mass is 10.1. The van der Waals surface area contributed by atoms with Crippen LogP contribution < -0.4 is 4.90 Å². The van der Waals surface area contributed by atoms with E-state index in [1.54, 1.807) is 0 Å². The van der Waals surface area contributed by atoms with Gasteiger partial charge < -0.3 is 9.80 Å². The second-order valence-electron chi connectivity index (χ2n) is 5.37. The number of anilines is 1. The van der Waals surface area contributed by atoms with Crippen LogP contribution >= 0.6 is 0 Å². The first-order valence-electron chi connectivity index (χ1n) is 7.69. The molecule has 3 rings (SSSR count). The second kappa shape index (κ2) is 6.38. The van der Waals surface area contributed by atoms with Gasteiger partial charge in [0.25, 0.3) is 0 Å². The minimum Gasteiger partial charge on any atom is -0.352 e. The van der Waals surface area contributed by atoms with E-state index in [-0.39, 0.29) is 0 Å². The van der Waals surface area contributed by atoms with Gasteiger partial charge in [0.05, 0.1) is 0 Å². The van der Waals surface area contributed by atoms with Crippen molar-refractivity contribution in [2.24, 2.45) is 5.92 Å². The van der Waals surface area contributed by atoms with Crippen molar-refractivity contribution in [1.82, 2.24) is 9.88 Å². The molecule has 1 aromatic rings. The quantitative estimate of drug-likeness (QED) is 0.816. The van der Waals surface area contributed by atoms with Crippen LogP contribution in [-0.2, 0) is 6.42 Å². The van der Waals surface area contributed by atoms with Crippen molar-refractivity contribution in [1.29, 1.82) is 0 Å². The molecule has 2 saturated heterocycles. The van der Waals surface area contributed by atoms with Crippen molar-refractivity contribution in [3.05, 3.63) is 23.9 Å². The summed E-state index contributed by atoms with van der Waals surface area (Å²) in [6.45, 7) is 9.81. The zero-order valence-electron chi connectivity index (χ0n) is 12.8. The fraction of sp³-hybridized carbons (Fsp3) is 0.688. The van der Waals surface area contributed by atoms with Gasteiger partial charge in [0, 0.05) is 31.4 Å². The SMILES string of the molecule is CC.CCc1cccc(N2CCC3CN(C)CC32)n1. The van der Waals surface area contributed by atoms with Gasteiger partial charge in [-0.1, -0.05) is 26.8 Å². The predicted octanol–water partition coefficient (Wildman–Crippen LogP) is 2.81. The Morgan fingerprint density at radius 3 is 2.79 bits per heavy atom. The molecule has 2 aliphatic rings. The number of rotatable bonds is 2. The third-order valence-corrected chi connectivity index (χ3v) is 4.18. The molecule has 0 aromatic carbocycles. The topological polar surface area (TPSA) is 19.4 Å². The highest BCUT2D eigenvalue weighted by atomic mass is 15.3. The molecule has 0 spiro atoms. The summed E-state index contributed by atoms with van der Waals surface area (Å²) in [6.07, 6.45) is 2.35. The van der Waals surface area contributed by atoms with Gasteiger partial charge in [0.15, 0.2) is 0 Å². The molecule has 2 unspecified atom stereocenters. The Morgan fingerprint density at radius 1 is 1.26 bits per heavy atom. The Morgan fingerprint density at radius 2 is 2.05 bits per heavy atom. The van der Waals surface area contributed by atoms with E-state index in [1.165, 1.54) is 37.6 Å². The summed E-state index contributed by atoms with van der Waals surface area (Å²) in [5.74, 6) is 2.04.